The summed E-state index contributed by atoms with van der Waals surface area (Å²) in [5.41, 5.74) is 1.22. The van der Waals surface area contributed by atoms with Crippen LogP contribution in [-0.2, 0) is 20.9 Å². The highest BCUT2D eigenvalue weighted by Gasteiger charge is 2.59. The first kappa shape index (κ1) is 19.8. The highest BCUT2D eigenvalue weighted by molar-refractivity contribution is 6.30. The predicted molar refractivity (Wildman–Crippen MR) is 112 cm³/mol. The number of hydrogen-bond donors (Lipinski definition) is 1. The van der Waals surface area contributed by atoms with Crippen molar-refractivity contribution in [2.75, 3.05) is 19.6 Å². The first-order valence-corrected chi connectivity index (χ1v) is 11.2. The van der Waals surface area contributed by atoms with Gasteiger partial charge in [-0.15, -0.1) is 0 Å². The van der Waals surface area contributed by atoms with Crippen molar-refractivity contribution in [2.45, 2.75) is 31.8 Å². The summed E-state index contributed by atoms with van der Waals surface area (Å²) in [7, 11) is 0. The van der Waals surface area contributed by atoms with Crippen LogP contribution < -0.4 is 5.32 Å². The van der Waals surface area contributed by atoms with Crippen molar-refractivity contribution in [1.82, 2.24) is 15.1 Å². The molecule has 2 saturated heterocycles. The number of piperidine rings is 1. The minimum absolute atomic E-state index is 0.0871. The number of benzene rings is 1. The molecule has 1 aromatic rings. The van der Waals surface area contributed by atoms with E-state index >= 15 is 0 Å². The van der Waals surface area contributed by atoms with Crippen LogP contribution in [0, 0.1) is 23.7 Å². The topological polar surface area (TPSA) is 69.7 Å². The van der Waals surface area contributed by atoms with E-state index < -0.39 is 0 Å². The van der Waals surface area contributed by atoms with Gasteiger partial charge in [-0.2, -0.15) is 0 Å². The van der Waals surface area contributed by atoms with Gasteiger partial charge in [0, 0.05) is 30.7 Å². The van der Waals surface area contributed by atoms with Gasteiger partial charge in [0.25, 0.3) is 0 Å². The lowest BCUT2D eigenvalue weighted by Crippen LogP contribution is -2.48. The molecule has 4 atom stereocenters. The Morgan fingerprint density at radius 2 is 1.60 bits per heavy atom. The minimum atomic E-state index is -0.239. The third-order valence-electron chi connectivity index (χ3n) is 7.14. The molecule has 3 fully saturated rings. The monoisotopic (exact) mass is 427 g/mol. The molecule has 0 spiro atoms. The Balaban J connectivity index is 1.10. The SMILES string of the molecule is O=C(CN1C(=O)C2C3C=CC(C3)C2C1=O)NC1CCN(Cc2ccc(Cl)cc2)CC1. The lowest BCUT2D eigenvalue weighted by molar-refractivity contribution is -0.144. The van der Waals surface area contributed by atoms with Gasteiger partial charge >= 0.3 is 0 Å². The molecule has 2 aliphatic carbocycles. The zero-order valence-electron chi connectivity index (χ0n) is 16.8. The lowest BCUT2D eigenvalue weighted by Gasteiger charge is -2.32. The van der Waals surface area contributed by atoms with Gasteiger partial charge in [-0.25, -0.2) is 0 Å². The number of carbonyl (C=O) groups excluding carboxylic acids is 3. The molecule has 1 N–H and O–H groups in total. The van der Waals surface area contributed by atoms with E-state index in [4.69, 9.17) is 11.6 Å². The van der Waals surface area contributed by atoms with E-state index in [2.05, 4.69) is 22.4 Å². The van der Waals surface area contributed by atoms with Gasteiger partial charge in [-0.1, -0.05) is 35.9 Å². The zero-order chi connectivity index (χ0) is 20.8. The van der Waals surface area contributed by atoms with Crippen LogP contribution in [0.3, 0.4) is 0 Å². The van der Waals surface area contributed by atoms with Crippen LogP contribution in [0.2, 0.25) is 5.02 Å². The molecule has 5 rings (SSSR count). The van der Waals surface area contributed by atoms with Gasteiger partial charge in [-0.05, 0) is 48.8 Å². The maximum atomic E-state index is 12.7. The normalized spacial score (nSPS) is 30.9. The number of nitrogens with zero attached hydrogens (tertiary/aromatic N) is 2. The summed E-state index contributed by atoms with van der Waals surface area (Å²) >= 11 is 5.94. The van der Waals surface area contributed by atoms with Crippen LogP contribution >= 0.6 is 11.6 Å². The van der Waals surface area contributed by atoms with Crippen molar-refractivity contribution in [3.63, 3.8) is 0 Å². The smallest absolute Gasteiger partial charge is 0.240 e. The van der Waals surface area contributed by atoms with Crippen molar-refractivity contribution < 1.29 is 14.4 Å². The van der Waals surface area contributed by atoms with Crippen LogP contribution in [0.4, 0.5) is 0 Å². The molecular formula is C23H26ClN3O3. The number of nitrogens with one attached hydrogen (secondary N) is 1. The van der Waals surface area contributed by atoms with E-state index in [9.17, 15) is 14.4 Å². The molecule has 2 aliphatic heterocycles. The summed E-state index contributed by atoms with van der Waals surface area (Å²) in [5.74, 6) is -0.672. The Labute approximate surface area is 181 Å². The number of rotatable bonds is 5. The average Bonchev–Trinajstić information content (AvgIpc) is 3.41. The summed E-state index contributed by atoms with van der Waals surface area (Å²) in [6.45, 7) is 2.52. The quantitative estimate of drug-likeness (QED) is 0.578. The van der Waals surface area contributed by atoms with Gasteiger partial charge in [0.1, 0.15) is 6.54 Å². The van der Waals surface area contributed by atoms with Crippen molar-refractivity contribution in [1.29, 1.82) is 0 Å². The van der Waals surface area contributed by atoms with Gasteiger partial charge in [0.15, 0.2) is 0 Å². The molecule has 7 heteroatoms. The van der Waals surface area contributed by atoms with E-state index in [1.807, 2.05) is 24.3 Å². The number of carbonyl (C=O) groups is 3. The maximum Gasteiger partial charge on any atom is 0.240 e. The summed E-state index contributed by atoms with van der Waals surface area (Å²) in [6, 6.07) is 7.97. The fraction of sp³-hybridized carbons (Fsp3) is 0.522. The molecule has 0 aromatic heterocycles. The third kappa shape index (κ3) is 3.56. The van der Waals surface area contributed by atoms with Gasteiger partial charge in [-0.3, -0.25) is 24.2 Å². The first-order valence-electron chi connectivity index (χ1n) is 10.8. The third-order valence-corrected chi connectivity index (χ3v) is 7.39. The molecule has 30 heavy (non-hydrogen) atoms. The van der Waals surface area contributed by atoms with E-state index in [1.165, 1.54) is 10.5 Å². The molecule has 1 saturated carbocycles. The van der Waals surface area contributed by atoms with Crippen LogP contribution in [0.5, 0.6) is 0 Å². The largest absolute Gasteiger partial charge is 0.352 e. The molecule has 4 unspecified atom stereocenters. The molecule has 0 radical (unpaired) electrons. The summed E-state index contributed by atoms with van der Waals surface area (Å²) in [4.78, 5) is 41.6. The fourth-order valence-electron chi connectivity index (χ4n) is 5.62. The predicted octanol–water partition coefficient (Wildman–Crippen LogP) is 2.23. The highest BCUT2D eigenvalue weighted by Crippen LogP contribution is 2.52. The number of hydrogen-bond acceptors (Lipinski definition) is 4. The van der Waals surface area contributed by atoms with Crippen LogP contribution in [0.25, 0.3) is 0 Å². The van der Waals surface area contributed by atoms with Gasteiger partial charge in [0.2, 0.25) is 17.7 Å². The standard InChI is InChI=1S/C23H26ClN3O3/c24-17-5-1-14(2-6-17)12-26-9-7-18(8-10-26)25-19(28)13-27-22(29)20-15-3-4-16(11-15)21(20)23(27)30/h1-6,15-16,18,20-21H,7-13H2,(H,25,28). The average molecular weight is 428 g/mol. The molecular weight excluding hydrogens is 402 g/mol. The molecule has 158 valence electrons. The van der Waals surface area contributed by atoms with Crippen LogP contribution in [-0.4, -0.2) is 53.2 Å². The van der Waals surface area contributed by atoms with Crippen molar-refractivity contribution in [3.05, 3.63) is 47.0 Å². The van der Waals surface area contributed by atoms with Gasteiger partial charge in [0.05, 0.1) is 11.8 Å². The zero-order valence-corrected chi connectivity index (χ0v) is 17.6. The first-order chi connectivity index (χ1) is 14.5. The molecule has 2 heterocycles. The second kappa shape index (κ2) is 7.82. The Bertz CT molecular complexity index is 861. The molecule has 6 nitrogen and oxygen atoms in total. The van der Waals surface area contributed by atoms with Crippen LogP contribution in [0.1, 0.15) is 24.8 Å². The minimum Gasteiger partial charge on any atom is -0.352 e. The van der Waals surface area contributed by atoms with Crippen molar-refractivity contribution in [3.8, 4) is 0 Å². The van der Waals surface area contributed by atoms with Gasteiger partial charge < -0.3 is 5.32 Å². The second-order valence-corrected chi connectivity index (χ2v) is 9.44. The molecule has 2 bridgehead atoms. The van der Waals surface area contributed by atoms with E-state index in [-0.39, 0.29) is 54.0 Å². The fourth-order valence-corrected chi connectivity index (χ4v) is 5.75. The number of imide groups is 1. The summed E-state index contributed by atoms with van der Waals surface area (Å²) < 4.78 is 0. The lowest BCUT2D eigenvalue weighted by atomic mass is 9.85. The van der Waals surface area contributed by atoms with Crippen molar-refractivity contribution in [2.24, 2.45) is 23.7 Å². The number of fused-ring (bicyclic) bond motifs is 5. The number of amides is 3. The molecule has 3 amide bonds. The van der Waals surface area contributed by atoms with Crippen LogP contribution in [0.15, 0.2) is 36.4 Å². The van der Waals surface area contributed by atoms with Crippen molar-refractivity contribution >= 4 is 29.3 Å². The maximum absolute atomic E-state index is 12.7. The Morgan fingerprint density at radius 1 is 1.00 bits per heavy atom. The number of likely N-dealkylation sites (tertiary alicyclic amines) is 2. The summed E-state index contributed by atoms with van der Waals surface area (Å²) in [6.07, 6.45) is 6.76. The van der Waals surface area contributed by atoms with E-state index in [0.29, 0.717) is 0 Å². The second-order valence-electron chi connectivity index (χ2n) is 9.01. The summed E-state index contributed by atoms with van der Waals surface area (Å²) in [5, 5.41) is 3.78. The Kier molecular flexibility index (Phi) is 5.15. The molecule has 4 aliphatic rings. The van der Waals surface area contributed by atoms with E-state index in [0.717, 1.165) is 43.9 Å². The number of allylic oxidation sites excluding steroid dienone is 2. The molecule has 1 aromatic carbocycles. The Morgan fingerprint density at radius 3 is 2.20 bits per heavy atom. The number of halogens is 1. The Hall–Kier alpha value is -2.18. The van der Waals surface area contributed by atoms with E-state index in [1.54, 1.807) is 0 Å². The highest BCUT2D eigenvalue weighted by atomic mass is 35.5.